The van der Waals surface area contributed by atoms with E-state index in [4.69, 9.17) is 4.74 Å². The third kappa shape index (κ3) is 5.55. The molecule has 0 bridgehead atoms. The first-order valence-electron chi connectivity index (χ1n) is 7.12. The smallest absolute Gasteiger partial charge is 0.411 e. The quantitative estimate of drug-likeness (QED) is 0.876. The molecule has 118 valence electrons. The molecule has 0 saturated heterocycles. The number of benzene rings is 1. The Hall–Kier alpha value is -1.27. The average molecular weight is 303 g/mol. The normalized spacial score (nSPS) is 23.2. The van der Waals surface area contributed by atoms with Gasteiger partial charge in [-0.3, -0.25) is 0 Å². The van der Waals surface area contributed by atoms with Gasteiger partial charge in [-0.1, -0.05) is 18.2 Å². The first-order valence-corrected chi connectivity index (χ1v) is 7.12. The molecule has 2 N–H and O–H groups in total. The van der Waals surface area contributed by atoms with Crippen LogP contribution < -0.4 is 5.32 Å². The molecule has 1 aromatic rings. The summed E-state index contributed by atoms with van der Waals surface area (Å²) >= 11 is 0. The van der Waals surface area contributed by atoms with Crippen molar-refractivity contribution in [3.8, 4) is 5.75 Å². The van der Waals surface area contributed by atoms with E-state index in [1.165, 1.54) is 0 Å². The van der Waals surface area contributed by atoms with Crippen molar-refractivity contribution in [1.82, 2.24) is 5.32 Å². The monoisotopic (exact) mass is 303 g/mol. The van der Waals surface area contributed by atoms with Crippen LogP contribution in [0.2, 0.25) is 0 Å². The molecule has 1 aliphatic carbocycles. The number of hydrogen-bond donors (Lipinski definition) is 2. The topological polar surface area (TPSA) is 41.5 Å². The first-order chi connectivity index (χ1) is 9.94. The maximum Gasteiger partial charge on any atom is 0.411 e. The van der Waals surface area contributed by atoms with Crippen LogP contribution in [0.15, 0.2) is 24.3 Å². The van der Waals surface area contributed by atoms with Gasteiger partial charge >= 0.3 is 6.18 Å². The van der Waals surface area contributed by atoms with Crippen molar-refractivity contribution < 1.29 is 23.0 Å². The zero-order valence-corrected chi connectivity index (χ0v) is 11.7. The van der Waals surface area contributed by atoms with Crippen molar-refractivity contribution in [3.05, 3.63) is 29.8 Å². The molecule has 3 nitrogen and oxygen atoms in total. The van der Waals surface area contributed by atoms with Crippen molar-refractivity contribution in [3.63, 3.8) is 0 Å². The van der Waals surface area contributed by atoms with E-state index in [1.54, 1.807) is 12.1 Å². The minimum atomic E-state index is -4.27. The Morgan fingerprint density at radius 1 is 1.24 bits per heavy atom. The highest BCUT2D eigenvalue weighted by molar-refractivity contribution is 5.31. The Labute approximate surface area is 122 Å². The van der Waals surface area contributed by atoms with Crippen molar-refractivity contribution in [2.45, 2.75) is 50.6 Å². The van der Waals surface area contributed by atoms with E-state index in [1.807, 2.05) is 12.1 Å². The van der Waals surface area contributed by atoms with Crippen molar-refractivity contribution >= 4 is 0 Å². The summed E-state index contributed by atoms with van der Waals surface area (Å²) in [6.45, 7) is -0.673. The highest BCUT2D eigenvalue weighted by Crippen LogP contribution is 2.25. The summed E-state index contributed by atoms with van der Waals surface area (Å²) in [6.07, 6.45) is -1.60. The molecule has 6 heteroatoms. The van der Waals surface area contributed by atoms with Gasteiger partial charge < -0.3 is 15.2 Å². The molecular formula is C15H20F3NO2. The molecule has 0 aliphatic heterocycles. The zero-order chi connectivity index (χ0) is 15.3. The van der Waals surface area contributed by atoms with E-state index in [0.717, 1.165) is 18.4 Å². The summed E-state index contributed by atoms with van der Waals surface area (Å²) in [5.41, 5.74) is 0.788. The second-order valence-electron chi connectivity index (χ2n) is 5.42. The van der Waals surface area contributed by atoms with E-state index >= 15 is 0 Å². The number of hydrogen-bond acceptors (Lipinski definition) is 3. The molecule has 0 heterocycles. The molecule has 2 rings (SSSR count). The summed E-state index contributed by atoms with van der Waals surface area (Å²) in [5.74, 6) is 0.227. The number of phenolic OH excluding ortho intramolecular Hbond substituents is 1. The van der Waals surface area contributed by atoms with E-state index < -0.39 is 12.8 Å². The van der Waals surface area contributed by atoms with E-state index in [0.29, 0.717) is 19.4 Å². The van der Waals surface area contributed by atoms with E-state index in [9.17, 15) is 18.3 Å². The minimum absolute atomic E-state index is 0.122. The van der Waals surface area contributed by atoms with Crippen molar-refractivity contribution in [2.75, 3.05) is 6.61 Å². The van der Waals surface area contributed by atoms with Gasteiger partial charge in [0.1, 0.15) is 12.4 Å². The summed E-state index contributed by atoms with van der Waals surface area (Å²) in [7, 11) is 0. The Morgan fingerprint density at radius 3 is 2.71 bits per heavy atom. The third-order valence-corrected chi connectivity index (χ3v) is 3.68. The predicted octanol–water partition coefficient (Wildman–Crippen LogP) is 3.37. The SMILES string of the molecule is Oc1ccccc1CNC1CCCC(OCC(F)(F)F)C1. The number of para-hydroxylation sites is 1. The summed E-state index contributed by atoms with van der Waals surface area (Å²) in [6, 6.07) is 7.15. The molecular weight excluding hydrogens is 283 g/mol. The number of aromatic hydroxyl groups is 1. The van der Waals surface area contributed by atoms with Crippen LogP contribution in [0.25, 0.3) is 0 Å². The van der Waals surface area contributed by atoms with Gasteiger partial charge in [0, 0.05) is 18.2 Å². The number of rotatable bonds is 5. The first kappa shape index (κ1) is 16.1. The summed E-state index contributed by atoms with van der Waals surface area (Å²) in [4.78, 5) is 0. The molecule has 0 radical (unpaired) electrons. The lowest BCUT2D eigenvalue weighted by atomic mass is 9.92. The number of halogens is 3. The second-order valence-corrected chi connectivity index (χ2v) is 5.42. The van der Waals surface area contributed by atoms with Gasteiger partial charge in [0.05, 0.1) is 6.10 Å². The number of alkyl halides is 3. The fraction of sp³-hybridized carbons (Fsp3) is 0.600. The van der Waals surface area contributed by atoms with Crippen molar-refractivity contribution in [1.29, 1.82) is 0 Å². The van der Waals surface area contributed by atoms with Crippen LogP contribution in [0.5, 0.6) is 5.75 Å². The van der Waals surface area contributed by atoms with Crippen LogP contribution >= 0.6 is 0 Å². The van der Waals surface area contributed by atoms with Crippen molar-refractivity contribution in [2.24, 2.45) is 0 Å². The van der Waals surface area contributed by atoms with Crippen LogP contribution in [-0.4, -0.2) is 30.0 Å². The zero-order valence-electron chi connectivity index (χ0n) is 11.7. The Morgan fingerprint density at radius 2 is 2.00 bits per heavy atom. The molecule has 1 aromatic carbocycles. The molecule has 0 amide bonds. The second kappa shape index (κ2) is 7.13. The molecule has 0 aromatic heterocycles. The minimum Gasteiger partial charge on any atom is -0.508 e. The molecule has 2 atom stereocenters. The maximum absolute atomic E-state index is 12.2. The fourth-order valence-corrected chi connectivity index (χ4v) is 2.61. The summed E-state index contributed by atoms with van der Waals surface area (Å²) in [5, 5.41) is 13.0. The lowest BCUT2D eigenvalue weighted by Crippen LogP contribution is -2.37. The van der Waals surface area contributed by atoms with E-state index in [-0.39, 0.29) is 17.9 Å². The van der Waals surface area contributed by atoms with Gasteiger partial charge in [-0.25, -0.2) is 0 Å². The Kier molecular flexibility index (Phi) is 5.47. The highest BCUT2D eigenvalue weighted by atomic mass is 19.4. The van der Waals surface area contributed by atoms with Crippen LogP contribution in [-0.2, 0) is 11.3 Å². The van der Waals surface area contributed by atoms with Gasteiger partial charge in [0.15, 0.2) is 0 Å². The van der Waals surface area contributed by atoms with Gasteiger partial charge in [-0.15, -0.1) is 0 Å². The van der Waals surface area contributed by atoms with E-state index in [2.05, 4.69) is 5.32 Å². The standard InChI is InChI=1S/C15H20F3NO2/c16-15(17,18)10-21-13-6-3-5-12(8-13)19-9-11-4-1-2-7-14(11)20/h1-2,4,7,12-13,19-20H,3,5-6,8-10H2. The third-order valence-electron chi connectivity index (χ3n) is 3.68. The lowest BCUT2D eigenvalue weighted by Gasteiger charge is -2.30. The average Bonchev–Trinajstić information content (AvgIpc) is 2.44. The fourth-order valence-electron chi connectivity index (χ4n) is 2.61. The molecule has 21 heavy (non-hydrogen) atoms. The maximum atomic E-state index is 12.2. The van der Waals surface area contributed by atoms with Gasteiger partial charge in [-0.05, 0) is 31.7 Å². The largest absolute Gasteiger partial charge is 0.508 e. The lowest BCUT2D eigenvalue weighted by molar-refractivity contribution is -0.188. The molecule has 1 aliphatic rings. The number of nitrogens with one attached hydrogen (secondary N) is 1. The van der Waals surface area contributed by atoms with Crippen LogP contribution in [0, 0.1) is 0 Å². The Bertz CT molecular complexity index is 451. The number of ether oxygens (including phenoxy) is 1. The highest BCUT2D eigenvalue weighted by Gasteiger charge is 2.31. The van der Waals surface area contributed by atoms with Gasteiger partial charge in [0.2, 0.25) is 0 Å². The van der Waals surface area contributed by atoms with Crippen LogP contribution in [0.4, 0.5) is 13.2 Å². The summed E-state index contributed by atoms with van der Waals surface area (Å²) < 4.78 is 41.4. The molecule has 1 saturated carbocycles. The van der Waals surface area contributed by atoms with Crippen LogP contribution in [0.3, 0.4) is 0 Å². The number of phenols is 1. The van der Waals surface area contributed by atoms with Gasteiger partial charge in [-0.2, -0.15) is 13.2 Å². The van der Waals surface area contributed by atoms with Crippen LogP contribution in [0.1, 0.15) is 31.2 Å². The molecule has 1 fully saturated rings. The predicted molar refractivity (Wildman–Crippen MR) is 73.0 cm³/mol. The Balaban J connectivity index is 1.78. The molecule has 0 spiro atoms. The molecule has 2 unspecified atom stereocenters. The van der Waals surface area contributed by atoms with Gasteiger partial charge in [0.25, 0.3) is 0 Å².